The molecule has 94 valence electrons. The Labute approximate surface area is 111 Å². The van der Waals surface area contributed by atoms with Crippen LogP contribution in [0.4, 0.5) is 5.69 Å². The van der Waals surface area contributed by atoms with Gasteiger partial charge in [-0.25, -0.2) is 5.43 Å². The molecule has 1 unspecified atom stereocenters. The van der Waals surface area contributed by atoms with Crippen LogP contribution in [0.2, 0.25) is 0 Å². The summed E-state index contributed by atoms with van der Waals surface area (Å²) in [7, 11) is 0. The Kier molecular flexibility index (Phi) is 4.19. The van der Waals surface area contributed by atoms with Gasteiger partial charge >= 0.3 is 0 Å². The highest BCUT2D eigenvalue weighted by Gasteiger charge is 2.15. The first-order chi connectivity index (χ1) is 8.76. The minimum Gasteiger partial charge on any atom is -0.398 e. The van der Waals surface area contributed by atoms with E-state index in [2.05, 4.69) is 22.5 Å². The van der Waals surface area contributed by atoms with Crippen molar-refractivity contribution in [2.75, 3.05) is 12.0 Å². The fourth-order valence-corrected chi connectivity index (χ4v) is 2.23. The first-order valence-corrected chi connectivity index (χ1v) is 6.78. The van der Waals surface area contributed by atoms with Crippen molar-refractivity contribution in [3.63, 3.8) is 0 Å². The summed E-state index contributed by atoms with van der Waals surface area (Å²) in [4.78, 5) is 5.31. The average Bonchev–Trinajstić information content (AvgIpc) is 2.42. The van der Waals surface area contributed by atoms with Crippen LogP contribution in [0.3, 0.4) is 0 Å². The molecular formula is C13H16N4S. The Balaban J connectivity index is 2.36. The van der Waals surface area contributed by atoms with Gasteiger partial charge in [0.1, 0.15) is 0 Å². The number of hydrazine groups is 1. The van der Waals surface area contributed by atoms with Gasteiger partial charge in [-0.1, -0.05) is 12.1 Å². The van der Waals surface area contributed by atoms with Crippen molar-refractivity contribution in [2.24, 2.45) is 5.84 Å². The van der Waals surface area contributed by atoms with Crippen molar-refractivity contribution >= 4 is 17.4 Å². The number of nitrogens with two attached hydrogens (primary N) is 2. The highest BCUT2D eigenvalue weighted by atomic mass is 32.2. The molecule has 0 bridgehead atoms. The number of nitrogens with one attached hydrogen (secondary N) is 1. The number of nitrogen functional groups attached to an aromatic ring is 1. The quantitative estimate of drug-likeness (QED) is 0.445. The number of nitrogens with zero attached hydrogens (tertiary/aromatic N) is 1. The van der Waals surface area contributed by atoms with Gasteiger partial charge < -0.3 is 5.73 Å². The van der Waals surface area contributed by atoms with Crippen LogP contribution < -0.4 is 17.0 Å². The van der Waals surface area contributed by atoms with Crippen LogP contribution in [0.15, 0.2) is 47.6 Å². The minimum absolute atomic E-state index is 0.144. The minimum atomic E-state index is -0.144. The molecule has 2 rings (SSSR count). The normalized spacial score (nSPS) is 12.3. The zero-order chi connectivity index (χ0) is 13.0. The number of hydrogen-bond acceptors (Lipinski definition) is 5. The number of pyridine rings is 1. The molecule has 0 radical (unpaired) electrons. The topological polar surface area (TPSA) is 77.0 Å². The first kappa shape index (κ1) is 12.9. The summed E-state index contributed by atoms with van der Waals surface area (Å²) in [6.07, 6.45) is 5.46. The Bertz CT molecular complexity index is 513. The summed E-state index contributed by atoms with van der Waals surface area (Å²) in [5, 5.41) is 0. The summed E-state index contributed by atoms with van der Waals surface area (Å²) in [5.41, 5.74) is 11.4. The van der Waals surface area contributed by atoms with E-state index >= 15 is 0 Å². The predicted molar refractivity (Wildman–Crippen MR) is 76.0 cm³/mol. The van der Waals surface area contributed by atoms with Crippen LogP contribution >= 0.6 is 11.8 Å². The predicted octanol–water partition coefficient (Wildman–Crippen LogP) is 1.94. The molecule has 0 aliphatic heterocycles. The van der Waals surface area contributed by atoms with Gasteiger partial charge in [-0.2, -0.15) is 0 Å². The Morgan fingerprint density at radius 3 is 2.50 bits per heavy atom. The van der Waals surface area contributed by atoms with Gasteiger partial charge in [0.15, 0.2) is 0 Å². The maximum Gasteiger partial charge on any atom is 0.0745 e. The van der Waals surface area contributed by atoms with Crippen LogP contribution in [-0.2, 0) is 0 Å². The highest BCUT2D eigenvalue weighted by molar-refractivity contribution is 7.98. The molecule has 2 aromatic rings. The average molecular weight is 260 g/mol. The van der Waals surface area contributed by atoms with Gasteiger partial charge in [0, 0.05) is 28.5 Å². The third kappa shape index (κ3) is 2.64. The SMILES string of the molecule is CSc1ccc(C(NN)c2cnccc2N)cc1. The zero-order valence-electron chi connectivity index (χ0n) is 10.1. The molecule has 18 heavy (non-hydrogen) atoms. The monoisotopic (exact) mass is 260 g/mol. The Hall–Kier alpha value is -1.56. The second-order valence-corrected chi connectivity index (χ2v) is 4.76. The second kappa shape index (κ2) is 5.86. The van der Waals surface area contributed by atoms with E-state index in [4.69, 9.17) is 11.6 Å². The Morgan fingerprint density at radius 1 is 1.22 bits per heavy atom. The molecule has 5 heteroatoms. The number of hydrogen-bond donors (Lipinski definition) is 3. The molecule has 1 aromatic carbocycles. The molecule has 0 aliphatic carbocycles. The van der Waals surface area contributed by atoms with Crippen molar-refractivity contribution in [3.8, 4) is 0 Å². The third-order valence-corrected chi connectivity index (χ3v) is 3.56. The van der Waals surface area contributed by atoms with Gasteiger partial charge in [-0.15, -0.1) is 11.8 Å². The number of rotatable bonds is 4. The molecule has 1 atom stereocenters. The largest absolute Gasteiger partial charge is 0.398 e. The van der Waals surface area contributed by atoms with Crippen molar-refractivity contribution < 1.29 is 0 Å². The lowest BCUT2D eigenvalue weighted by Crippen LogP contribution is -2.29. The van der Waals surface area contributed by atoms with Crippen LogP contribution in [0.5, 0.6) is 0 Å². The van der Waals surface area contributed by atoms with Gasteiger partial charge in [0.2, 0.25) is 0 Å². The van der Waals surface area contributed by atoms with Crippen molar-refractivity contribution in [3.05, 3.63) is 53.9 Å². The van der Waals surface area contributed by atoms with Crippen molar-refractivity contribution in [1.29, 1.82) is 0 Å². The standard InChI is InChI=1S/C13H16N4S/c1-18-10-4-2-9(3-5-10)13(17-15)11-8-16-7-6-12(11)14/h2-8,13,17H,15H2,1H3,(H2,14,16). The fraction of sp³-hybridized carbons (Fsp3) is 0.154. The molecule has 0 fully saturated rings. The van der Waals surface area contributed by atoms with E-state index in [-0.39, 0.29) is 6.04 Å². The fourth-order valence-electron chi connectivity index (χ4n) is 1.82. The van der Waals surface area contributed by atoms with Crippen molar-refractivity contribution in [1.82, 2.24) is 10.4 Å². The zero-order valence-corrected chi connectivity index (χ0v) is 10.9. The molecule has 4 nitrogen and oxygen atoms in total. The Morgan fingerprint density at radius 2 is 1.94 bits per heavy atom. The second-order valence-electron chi connectivity index (χ2n) is 3.88. The van der Waals surface area contributed by atoms with Gasteiger partial charge in [-0.3, -0.25) is 10.8 Å². The molecule has 0 aliphatic rings. The molecule has 5 N–H and O–H groups in total. The van der Waals surface area contributed by atoms with Crippen molar-refractivity contribution in [2.45, 2.75) is 10.9 Å². The number of aromatic nitrogens is 1. The molecular weight excluding hydrogens is 244 g/mol. The molecule has 1 aromatic heterocycles. The summed E-state index contributed by atoms with van der Waals surface area (Å²) < 4.78 is 0. The lowest BCUT2D eigenvalue weighted by Gasteiger charge is -2.18. The van der Waals surface area contributed by atoms with E-state index in [1.165, 1.54) is 4.90 Å². The van der Waals surface area contributed by atoms with E-state index in [9.17, 15) is 0 Å². The number of thioether (sulfide) groups is 1. The van der Waals surface area contributed by atoms with Crippen LogP contribution in [0.25, 0.3) is 0 Å². The lowest BCUT2D eigenvalue weighted by atomic mass is 10.00. The van der Waals surface area contributed by atoms with Crippen LogP contribution in [0, 0.1) is 0 Å². The van der Waals surface area contributed by atoms with E-state index in [1.54, 1.807) is 30.2 Å². The number of benzene rings is 1. The summed E-state index contributed by atoms with van der Waals surface area (Å²) in [5.74, 6) is 5.64. The molecule has 0 spiro atoms. The van der Waals surface area contributed by atoms with E-state index in [0.29, 0.717) is 5.69 Å². The van der Waals surface area contributed by atoms with E-state index in [0.717, 1.165) is 11.1 Å². The highest BCUT2D eigenvalue weighted by Crippen LogP contribution is 2.26. The van der Waals surface area contributed by atoms with Gasteiger partial charge in [0.25, 0.3) is 0 Å². The maximum atomic E-state index is 5.95. The van der Waals surface area contributed by atoms with Crippen LogP contribution in [0.1, 0.15) is 17.2 Å². The first-order valence-electron chi connectivity index (χ1n) is 5.55. The molecule has 0 amide bonds. The lowest BCUT2D eigenvalue weighted by molar-refractivity contribution is 0.636. The van der Waals surface area contributed by atoms with Gasteiger partial charge in [-0.05, 0) is 30.0 Å². The van der Waals surface area contributed by atoms with Gasteiger partial charge in [0.05, 0.1) is 6.04 Å². The molecule has 0 saturated heterocycles. The van der Waals surface area contributed by atoms with E-state index < -0.39 is 0 Å². The third-order valence-electron chi connectivity index (χ3n) is 2.81. The summed E-state index contributed by atoms with van der Waals surface area (Å²) >= 11 is 1.71. The molecule has 1 heterocycles. The summed E-state index contributed by atoms with van der Waals surface area (Å²) in [6, 6.07) is 9.85. The summed E-state index contributed by atoms with van der Waals surface area (Å²) in [6.45, 7) is 0. The maximum absolute atomic E-state index is 5.95. The number of anilines is 1. The molecule has 0 saturated carbocycles. The van der Waals surface area contributed by atoms with Crippen LogP contribution in [-0.4, -0.2) is 11.2 Å². The van der Waals surface area contributed by atoms with E-state index in [1.807, 2.05) is 18.4 Å². The smallest absolute Gasteiger partial charge is 0.0745 e.